The molecule has 31 heavy (non-hydrogen) atoms. The Morgan fingerprint density at radius 3 is 2.19 bits per heavy atom. The molecular formula is C26H27N3O2. The number of hydrogen-bond donors (Lipinski definition) is 2. The van der Waals surface area contributed by atoms with Gasteiger partial charge in [0.05, 0.1) is 0 Å². The molecule has 1 saturated heterocycles. The first kappa shape index (κ1) is 20.7. The molecule has 1 aliphatic heterocycles. The van der Waals surface area contributed by atoms with E-state index in [2.05, 4.69) is 16.7 Å². The maximum Gasteiger partial charge on any atom is 0.251 e. The molecule has 3 aromatic rings. The van der Waals surface area contributed by atoms with Crippen LogP contribution in [-0.4, -0.2) is 18.4 Å². The molecule has 3 aromatic carbocycles. The topological polar surface area (TPSA) is 61.4 Å². The average Bonchev–Trinajstić information content (AvgIpc) is 3.18. The Morgan fingerprint density at radius 1 is 0.903 bits per heavy atom. The molecule has 2 amide bonds. The number of carbonyl (C=O) groups excluding carboxylic acids is 2. The lowest BCUT2D eigenvalue weighted by molar-refractivity contribution is -0.117. The molecule has 0 aliphatic carbocycles. The van der Waals surface area contributed by atoms with Gasteiger partial charge in [0.1, 0.15) is 6.04 Å². The highest BCUT2D eigenvalue weighted by Crippen LogP contribution is 2.26. The third kappa shape index (κ3) is 4.94. The highest BCUT2D eigenvalue weighted by molar-refractivity contribution is 5.98. The standard InChI is InChI=1S/C26H27N3O2/c1-18-15-19(2)17-22(16-18)28-26(31)25(20-7-4-3-5-8-20)27-21-10-12-23(13-11-21)29-14-6-9-24(29)30/h3-5,7-8,10-13,15-17,25,27H,6,9,14H2,1-2H3,(H,28,31). The second-order valence-electron chi connectivity index (χ2n) is 8.05. The van der Waals surface area contributed by atoms with Crippen molar-refractivity contribution in [2.24, 2.45) is 0 Å². The van der Waals surface area contributed by atoms with Crippen molar-refractivity contribution in [3.8, 4) is 0 Å². The van der Waals surface area contributed by atoms with Gasteiger partial charge >= 0.3 is 0 Å². The van der Waals surface area contributed by atoms with Crippen molar-refractivity contribution < 1.29 is 9.59 Å². The van der Waals surface area contributed by atoms with E-state index in [4.69, 9.17) is 0 Å². The van der Waals surface area contributed by atoms with Crippen molar-refractivity contribution in [2.75, 3.05) is 22.1 Å². The molecule has 0 radical (unpaired) electrons. The molecule has 5 nitrogen and oxygen atoms in total. The van der Waals surface area contributed by atoms with E-state index in [0.717, 1.165) is 46.7 Å². The van der Waals surface area contributed by atoms with Crippen LogP contribution < -0.4 is 15.5 Å². The lowest BCUT2D eigenvalue weighted by atomic mass is 10.0. The Labute approximate surface area is 183 Å². The molecule has 0 saturated carbocycles. The molecule has 0 aromatic heterocycles. The molecule has 1 unspecified atom stereocenters. The van der Waals surface area contributed by atoms with Crippen LogP contribution in [0, 0.1) is 13.8 Å². The van der Waals surface area contributed by atoms with Crippen LogP contribution in [0.4, 0.5) is 17.1 Å². The molecule has 1 heterocycles. The molecule has 4 rings (SSSR count). The van der Waals surface area contributed by atoms with Crippen LogP contribution >= 0.6 is 0 Å². The summed E-state index contributed by atoms with van der Waals surface area (Å²) in [6.07, 6.45) is 1.50. The minimum atomic E-state index is -0.554. The first-order valence-corrected chi connectivity index (χ1v) is 10.6. The largest absolute Gasteiger partial charge is 0.370 e. The summed E-state index contributed by atoms with van der Waals surface area (Å²) >= 11 is 0. The zero-order valence-electron chi connectivity index (χ0n) is 17.9. The fourth-order valence-corrected chi connectivity index (χ4v) is 4.03. The number of aryl methyl sites for hydroxylation is 2. The highest BCUT2D eigenvalue weighted by Gasteiger charge is 2.23. The van der Waals surface area contributed by atoms with Gasteiger partial charge in [-0.25, -0.2) is 0 Å². The van der Waals surface area contributed by atoms with Gasteiger partial charge in [-0.3, -0.25) is 9.59 Å². The van der Waals surface area contributed by atoms with Crippen LogP contribution in [-0.2, 0) is 9.59 Å². The van der Waals surface area contributed by atoms with Crippen LogP contribution in [0.1, 0.15) is 35.6 Å². The van der Waals surface area contributed by atoms with E-state index in [0.29, 0.717) is 6.42 Å². The van der Waals surface area contributed by atoms with Crippen LogP contribution in [0.25, 0.3) is 0 Å². The molecular weight excluding hydrogens is 386 g/mol. The third-order valence-electron chi connectivity index (χ3n) is 5.45. The maximum absolute atomic E-state index is 13.2. The van der Waals surface area contributed by atoms with Crippen LogP contribution in [0.3, 0.4) is 0 Å². The van der Waals surface area contributed by atoms with Gasteiger partial charge in [0.2, 0.25) is 5.91 Å². The number of anilines is 3. The van der Waals surface area contributed by atoms with Gasteiger partial charge < -0.3 is 15.5 Å². The Balaban J connectivity index is 1.55. The van der Waals surface area contributed by atoms with Gasteiger partial charge in [-0.05, 0) is 73.4 Å². The Morgan fingerprint density at radius 2 is 1.58 bits per heavy atom. The summed E-state index contributed by atoms with van der Waals surface area (Å²) in [6, 6.07) is 22.8. The minimum absolute atomic E-state index is 0.130. The van der Waals surface area contributed by atoms with Crippen molar-refractivity contribution >= 4 is 28.9 Å². The summed E-state index contributed by atoms with van der Waals surface area (Å²) in [7, 11) is 0. The fraction of sp³-hybridized carbons (Fsp3) is 0.231. The summed E-state index contributed by atoms with van der Waals surface area (Å²) in [5.41, 5.74) is 5.58. The smallest absolute Gasteiger partial charge is 0.251 e. The van der Waals surface area contributed by atoms with Gasteiger partial charge in [-0.2, -0.15) is 0 Å². The van der Waals surface area contributed by atoms with Crippen molar-refractivity contribution in [3.63, 3.8) is 0 Å². The van der Waals surface area contributed by atoms with Gasteiger partial charge in [0.15, 0.2) is 0 Å². The van der Waals surface area contributed by atoms with E-state index in [1.54, 1.807) is 0 Å². The zero-order chi connectivity index (χ0) is 21.8. The van der Waals surface area contributed by atoms with Crippen molar-refractivity contribution in [1.29, 1.82) is 0 Å². The Hall–Kier alpha value is -3.60. The zero-order valence-corrected chi connectivity index (χ0v) is 17.9. The number of hydrogen-bond acceptors (Lipinski definition) is 3. The molecule has 0 spiro atoms. The molecule has 0 bridgehead atoms. The van der Waals surface area contributed by atoms with Crippen LogP contribution in [0.2, 0.25) is 0 Å². The predicted octanol–water partition coefficient (Wildman–Crippen LogP) is 5.22. The summed E-state index contributed by atoms with van der Waals surface area (Å²) < 4.78 is 0. The second kappa shape index (κ2) is 9.04. The van der Waals surface area contributed by atoms with Gasteiger partial charge in [0.25, 0.3) is 5.91 Å². The first-order valence-electron chi connectivity index (χ1n) is 10.6. The predicted molar refractivity (Wildman–Crippen MR) is 125 cm³/mol. The number of nitrogens with zero attached hydrogens (tertiary/aromatic N) is 1. The molecule has 2 N–H and O–H groups in total. The molecule has 1 fully saturated rings. The van der Waals surface area contributed by atoms with Crippen LogP contribution in [0.15, 0.2) is 72.8 Å². The maximum atomic E-state index is 13.2. The number of amides is 2. The van der Waals surface area contributed by atoms with E-state index in [-0.39, 0.29) is 11.8 Å². The number of nitrogens with one attached hydrogen (secondary N) is 2. The molecule has 1 aliphatic rings. The lowest BCUT2D eigenvalue weighted by Gasteiger charge is -2.21. The molecule has 5 heteroatoms. The van der Waals surface area contributed by atoms with Crippen molar-refractivity contribution in [1.82, 2.24) is 0 Å². The Kier molecular flexibility index (Phi) is 6.03. The summed E-state index contributed by atoms with van der Waals surface area (Å²) in [5.74, 6) is 0.0331. The number of carbonyl (C=O) groups is 2. The van der Waals surface area contributed by atoms with E-state index >= 15 is 0 Å². The van der Waals surface area contributed by atoms with Crippen molar-refractivity contribution in [2.45, 2.75) is 32.7 Å². The minimum Gasteiger partial charge on any atom is -0.370 e. The SMILES string of the molecule is Cc1cc(C)cc(NC(=O)C(Nc2ccc(N3CCCC3=O)cc2)c2ccccc2)c1. The summed E-state index contributed by atoms with van der Waals surface area (Å²) in [5, 5.41) is 6.41. The van der Waals surface area contributed by atoms with E-state index in [1.807, 2.05) is 85.5 Å². The normalized spacial score (nSPS) is 14.4. The summed E-state index contributed by atoms with van der Waals surface area (Å²) in [6.45, 7) is 4.79. The number of benzene rings is 3. The third-order valence-corrected chi connectivity index (χ3v) is 5.45. The average molecular weight is 414 g/mol. The monoisotopic (exact) mass is 413 g/mol. The van der Waals surface area contributed by atoms with E-state index in [1.165, 1.54) is 0 Å². The summed E-state index contributed by atoms with van der Waals surface area (Å²) in [4.78, 5) is 27.0. The molecule has 158 valence electrons. The lowest BCUT2D eigenvalue weighted by Crippen LogP contribution is -2.27. The second-order valence-corrected chi connectivity index (χ2v) is 8.05. The van der Waals surface area contributed by atoms with Gasteiger partial charge in [0, 0.05) is 30.0 Å². The van der Waals surface area contributed by atoms with E-state index in [9.17, 15) is 9.59 Å². The molecule has 1 atom stereocenters. The van der Waals surface area contributed by atoms with Gasteiger partial charge in [-0.15, -0.1) is 0 Å². The quantitative estimate of drug-likeness (QED) is 0.582. The van der Waals surface area contributed by atoms with Crippen LogP contribution in [0.5, 0.6) is 0 Å². The fourth-order valence-electron chi connectivity index (χ4n) is 4.03. The highest BCUT2D eigenvalue weighted by atomic mass is 16.2. The first-order chi connectivity index (χ1) is 15.0. The van der Waals surface area contributed by atoms with Gasteiger partial charge in [-0.1, -0.05) is 36.4 Å². The van der Waals surface area contributed by atoms with E-state index < -0.39 is 6.04 Å². The van der Waals surface area contributed by atoms with Crippen molar-refractivity contribution in [3.05, 3.63) is 89.5 Å². The Bertz CT molecular complexity index is 1060. The number of rotatable bonds is 6.